The van der Waals surface area contributed by atoms with Crippen molar-refractivity contribution < 1.29 is 4.79 Å². The van der Waals surface area contributed by atoms with Gasteiger partial charge in [-0.1, -0.05) is 6.92 Å². The summed E-state index contributed by atoms with van der Waals surface area (Å²) in [6.45, 7) is 6.72. The highest BCUT2D eigenvalue weighted by Gasteiger charge is 2.34. The van der Waals surface area contributed by atoms with Crippen LogP contribution in [0.5, 0.6) is 0 Å². The minimum Gasteiger partial charge on any atom is -0.352 e. The summed E-state index contributed by atoms with van der Waals surface area (Å²) >= 11 is 0. The fourth-order valence-electron chi connectivity index (χ4n) is 1.89. The fraction of sp³-hybridized carbons (Fsp3) is 0.846. The van der Waals surface area contributed by atoms with Gasteiger partial charge in [-0.05, 0) is 33.1 Å². The second-order valence-electron chi connectivity index (χ2n) is 4.87. The molecule has 4 heteroatoms. The smallest absolute Gasteiger partial charge is 0.237 e. The molecule has 17 heavy (non-hydrogen) atoms. The van der Waals surface area contributed by atoms with Crippen LogP contribution in [0.25, 0.3) is 0 Å². The normalized spacial score (nSPS) is 18.5. The molecule has 0 spiro atoms. The average Bonchev–Trinajstić information content (AvgIpc) is 3.13. The largest absolute Gasteiger partial charge is 0.352 e. The number of nitriles is 1. The van der Waals surface area contributed by atoms with E-state index in [4.69, 9.17) is 5.26 Å². The molecule has 1 saturated carbocycles. The number of hydrogen-bond donors (Lipinski definition) is 1. The molecule has 1 amide bonds. The molecule has 96 valence electrons. The molecule has 0 aromatic heterocycles. The maximum absolute atomic E-state index is 12.0. The lowest BCUT2D eigenvalue weighted by atomic mass is 10.2. The Morgan fingerprint density at radius 1 is 1.53 bits per heavy atom. The van der Waals surface area contributed by atoms with Crippen molar-refractivity contribution >= 4 is 5.91 Å². The molecule has 0 saturated heterocycles. The second kappa shape index (κ2) is 6.61. The zero-order chi connectivity index (χ0) is 12.8. The molecule has 1 fully saturated rings. The zero-order valence-corrected chi connectivity index (χ0v) is 11.1. The minimum absolute atomic E-state index is 0.0872. The summed E-state index contributed by atoms with van der Waals surface area (Å²) in [5.41, 5.74) is 0. The number of carbonyl (C=O) groups excluding carboxylic acids is 1. The first-order valence-electron chi connectivity index (χ1n) is 6.53. The molecule has 1 aliphatic carbocycles. The molecular weight excluding hydrogens is 214 g/mol. The topological polar surface area (TPSA) is 56.1 Å². The summed E-state index contributed by atoms with van der Waals surface area (Å²) in [7, 11) is 0. The predicted octanol–water partition coefficient (Wildman–Crippen LogP) is 1.67. The first-order valence-corrected chi connectivity index (χ1v) is 6.53. The summed E-state index contributed by atoms with van der Waals surface area (Å²) in [5.74, 6) is 0.0872. The van der Waals surface area contributed by atoms with Crippen LogP contribution in [-0.4, -0.2) is 35.5 Å². The number of nitrogens with one attached hydrogen (secondary N) is 1. The van der Waals surface area contributed by atoms with Gasteiger partial charge in [-0.2, -0.15) is 5.26 Å². The van der Waals surface area contributed by atoms with E-state index in [1.54, 1.807) is 0 Å². The van der Waals surface area contributed by atoms with E-state index >= 15 is 0 Å². The first-order chi connectivity index (χ1) is 8.10. The summed E-state index contributed by atoms with van der Waals surface area (Å²) in [4.78, 5) is 14.2. The molecule has 1 rings (SSSR count). The third-order valence-electron chi connectivity index (χ3n) is 3.38. The summed E-state index contributed by atoms with van der Waals surface area (Å²) in [6, 6.07) is 2.77. The standard InChI is InChI=1S/C13H23N3O/c1-4-10(2)15-13(17)11(3)16(9-5-8-14)12-6-7-12/h10-12H,4-7,9H2,1-3H3,(H,15,17). The summed E-state index contributed by atoms with van der Waals surface area (Å²) in [6.07, 6.45) is 3.76. The molecule has 0 aliphatic heterocycles. The third kappa shape index (κ3) is 4.35. The van der Waals surface area contributed by atoms with E-state index in [-0.39, 0.29) is 18.0 Å². The number of hydrogen-bond acceptors (Lipinski definition) is 3. The number of nitrogens with zero attached hydrogens (tertiary/aromatic N) is 2. The first kappa shape index (κ1) is 14.0. The van der Waals surface area contributed by atoms with Gasteiger partial charge in [-0.25, -0.2) is 0 Å². The molecule has 0 bridgehead atoms. The number of amides is 1. The molecule has 1 N–H and O–H groups in total. The Labute approximate surface area is 104 Å². The molecule has 2 atom stereocenters. The van der Waals surface area contributed by atoms with Gasteiger partial charge >= 0.3 is 0 Å². The lowest BCUT2D eigenvalue weighted by Crippen LogP contribution is -2.48. The van der Waals surface area contributed by atoms with Crippen molar-refractivity contribution in [3.05, 3.63) is 0 Å². The van der Waals surface area contributed by atoms with Crippen molar-refractivity contribution in [2.24, 2.45) is 0 Å². The van der Waals surface area contributed by atoms with Gasteiger partial charge in [0, 0.05) is 25.0 Å². The van der Waals surface area contributed by atoms with Crippen LogP contribution in [0.2, 0.25) is 0 Å². The molecule has 2 unspecified atom stereocenters. The molecule has 0 aromatic carbocycles. The molecule has 0 radical (unpaired) electrons. The predicted molar refractivity (Wildman–Crippen MR) is 67.3 cm³/mol. The maximum Gasteiger partial charge on any atom is 0.237 e. The van der Waals surface area contributed by atoms with E-state index in [1.165, 1.54) is 0 Å². The Balaban J connectivity index is 2.48. The number of rotatable bonds is 7. The highest BCUT2D eigenvalue weighted by atomic mass is 16.2. The summed E-state index contributed by atoms with van der Waals surface area (Å²) in [5, 5.41) is 11.6. The van der Waals surface area contributed by atoms with E-state index in [0.29, 0.717) is 19.0 Å². The average molecular weight is 237 g/mol. The van der Waals surface area contributed by atoms with Crippen LogP contribution in [-0.2, 0) is 4.79 Å². The molecule has 4 nitrogen and oxygen atoms in total. The van der Waals surface area contributed by atoms with Crippen LogP contribution in [0, 0.1) is 11.3 Å². The SMILES string of the molecule is CCC(C)NC(=O)C(C)N(CCC#N)C1CC1. The van der Waals surface area contributed by atoms with Gasteiger partial charge in [0.1, 0.15) is 0 Å². The van der Waals surface area contributed by atoms with E-state index in [2.05, 4.69) is 23.2 Å². The van der Waals surface area contributed by atoms with Crippen LogP contribution in [0.4, 0.5) is 0 Å². The van der Waals surface area contributed by atoms with Gasteiger partial charge in [0.25, 0.3) is 0 Å². The van der Waals surface area contributed by atoms with Crippen molar-refractivity contribution in [1.29, 1.82) is 5.26 Å². The zero-order valence-electron chi connectivity index (χ0n) is 11.1. The minimum atomic E-state index is -0.121. The third-order valence-corrected chi connectivity index (χ3v) is 3.38. The van der Waals surface area contributed by atoms with E-state index in [9.17, 15) is 4.79 Å². The van der Waals surface area contributed by atoms with Crippen LogP contribution >= 0.6 is 0 Å². The van der Waals surface area contributed by atoms with Gasteiger partial charge in [0.05, 0.1) is 12.1 Å². The highest BCUT2D eigenvalue weighted by Crippen LogP contribution is 2.28. The Hall–Kier alpha value is -1.08. The molecule has 0 aromatic rings. The fourth-order valence-corrected chi connectivity index (χ4v) is 1.89. The van der Waals surface area contributed by atoms with Crippen molar-refractivity contribution in [3.63, 3.8) is 0 Å². The lowest BCUT2D eigenvalue weighted by molar-refractivity contribution is -0.126. The van der Waals surface area contributed by atoms with Gasteiger partial charge in [-0.3, -0.25) is 9.69 Å². The maximum atomic E-state index is 12.0. The van der Waals surface area contributed by atoms with E-state index in [1.807, 2.05) is 13.8 Å². The Kier molecular flexibility index (Phi) is 5.43. The van der Waals surface area contributed by atoms with E-state index in [0.717, 1.165) is 19.3 Å². The van der Waals surface area contributed by atoms with Crippen molar-refractivity contribution in [3.8, 4) is 6.07 Å². The number of carbonyl (C=O) groups is 1. The quantitative estimate of drug-likeness (QED) is 0.732. The Morgan fingerprint density at radius 3 is 2.65 bits per heavy atom. The molecule has 1 aliphatic rings. The second-order valence-corrected chi connectivity index (χ2v) is 4.87. The van der Waals surface area contributed by atoms with Crippen LogP contribution < -0.4 is 5.32 Å². The summed E-state index contributed by atoms with van der Waals surface area (Å²) < 4.78 is 0. The molecule has 0 heterocycles. The van der Waals surface area contributed by atoms with Crippen molar-refractivity contribution in [2.75, 3.05) is 6.54 Å². The van der Waals surface area contributed by atoms with Gasteiger partial charge in [-0.15, -0.1) is 0 Å². The van der Waals surface area contributed by atoms with Crippen LogP contribution in [0.15, 0.2) is 0 Å². The van der Waals surface area contributed by atoms with Crippen LogP contribution in [0.3, 0.4) is 0 Å². The van der Waals surface area contributed by atoms with Crippen molar-refractivity contribution in [2.45, 2.75) is 64.6 Å². The Bertz CT molecular complexity index is 294. The van der Waals surface area contributed by atoms with Crippen molar-refractivity contribution in [1.82, 2.24) is 10.2 Å². The highest BCUT2D eigenvalue weighted by molar-refractivity contribution is 5.81. The molecular formula is C13H23N3O. The van der Waals surface area contributed by atoms with E-state index < -0.39 is 0 Å². The van der Waals surface area contributed by atoms with Crippen LogP contribution in [0.1, 0.15) is 46.5 Å². The lowest BCUT2D eigenvalue weighted by Gasteiger charge is -2.28. The van der Waals surface area contributed by atoms with Gasteiger partial charge in [0.15, 0.2) is 0 Å². The van der Waals surface area contributed by atoms with Gasteiger partial charge < -0.3 is 5.32 Å². The van der Waals surface area contributed by atoms with Gasteiger partial charge in [0.2, 0.25) is 5.91 Å². The Morgan fingerprint density at radius 2 is 2.18 bits per heavy atom. The monoisotopic (exact) mass is 237 g/mol.